The summed E-state index contributed by atoms with van der Waals surface area (Å²) in [7, 11) is -42.6. The summed E-state index contributed by atoms with van der Waals surface area (Å²) in [4.78, 5) is 0. The molecule has 626 valence electrons. The third kappa shape index (κ3) is 56.3. The summed E-state index contributed by atoms with van der Waals surface area (Å²) >= 11 is 6.44. The van der Waals surface area contributed by atoms with Crippen LogP contribution in [0.25, 0.3) is 22.3 Å². The minimum Gasteiger partial charge on any atom is -0.491 e. The molecule has 16 bridgehead atoms. The van der Waals surface area contributed by atoms with E-state index in [0.717, 1.165) is 48.4 Å². The fourth-order valence-electron chi connectivity index (χ4n) is 8.79. The zero-order valence-corrected chi connectivity index (χ0v) is 62.2. The van der Waals surface area contributed by atoms with Gasteiger partial charge in [0.2, 0.25) is 0 Å². The van der Waals surface area contributed by atoms with Gasteiger partial charge in [0.1, 0.15) is 74.1 Å². The van der Waals surface area contributed by atoms with E-state index in [1.54, 1.807) is 0 Å². The van der Waals surface area contributed by atoms with Gasteiger partial charge in [-0.05, 0) is 89.0 Å². The molecule has 16 nitrogen and oxygen atoms in total. The Hall–Kier alpha value is -7.63. The summed E-state index contributed by atoms with van der Waals surface area (Å²) in [6.45, 7) is 11.9. The maximum absolute atomic E-state index is 10.7. The van der Waals surface area contributed by atoms with Crippen LogP contribution in [-0.4, -0.2) is 119 Å². The van der Waals surface area contributed by atoms with E-state index in [1.807, 2.05) is 66.7 Å². The second kappa shape index (κ2) is 37.1. The molecule has 0 spiro atoms. The molecule has 0 amide bonds. The molecule has 16 heterocycles. The van der Waals surface area contributed by atoms with Crippen molar-refractivity contribution in [2.24, 2.45) is 0 Å². The first kappa shape index (κ1) is 94.0. The van der Waals surface area contributed by atoms with Crippen LogP contribution in [0.3, 0.4) is 0 Å². The average molecular weight is 1730 g/mol. The number of aromatic nitrogens is 4. The normalized spacial score (nSPS) is 17.8. The van der Waals surface area contributed by atoms with E-state index in [2.05, 4.69) is 141 Å². The molecule has 0 radical (unpaired) electrons. The number of benzene rings is 4. The topological polar surface area (TPSA) is 126 Å². The minimum atomic E-state index is -10.7. The molecular formula is C66H75ClF24N4O12P4. The van der Waals surface area contributed by atoms with Crippen LogP contribution >= 0.6 is 42.8 Å². The second-order valence-corrected chi connectivity index (χ2v) is 31.2. The van der Waals surface area contributed by atoms with Crippen LogP contribution in [0, 0.1) is 0 Å². The number of pyridine rings is 4. The molecule has 111 heavy (non-hydrogen) atoms. The first-order valence-electron chi connectivity index (χ1n) is 32.4. The molecule has 0 saturated heterocycles. The number of halogens is 25. The fraction of sp³-hybridized carbons (Fsp3) is 0.333. The number of ether oxygens (including phenoxy) is 12. The number of nitrogens with zero attached hydrogens (tertiary/aromatic N) is 4. The standard InChI is InChI=1S/C38H35ClN4O2.C28H40O10.4F6P/c39-37-5-4-36-27-38(37)45-25-23-41-16-8-33(9-17-41)35-12-20-43(21-13-35)29-31-3-1-2-30(26-31)28-42-18-10-34(11-19-42)32-6-14-40(15-7-32)22-24-44-36;1-2-26-4-3-25(1)35-21-17-31-13-9-29-11-15-33-19-23-37-27-5-7-28(8-6-27)38-24-20-34-16-12-30-10-14-32-18-22-36-26;4*1-7(2,3,4,5)6/h1-21,26-27H,22-25,28-29H2;1-8H,9-24H2;;;;/q+4;;4*-1. The van der Waals surface area contributed by atoms with Gasteiger partial charge >= 0.3 is 132 Å². The van der Waals surface area contributed by atoms with Gasteiger partial charge in [-0.2, -0.15) is 0 Å². The summed E-state index contributed by atoms with van der Waals surface area (Å²) in [6.07, 6.45) is 17.0. The number of rotatable bonds is 0. The van der Waals surface area contributed by atoms with E-state index in [4.69, 9.17) is 68.4 Å². The molecule has 0 saturated carbocycles. The van der Waals surface area contributed by atoms with Gasteiger partial charge in [0.15, 0.2) is 75.8 Å². The molecule has 12 aliphatic heterocycles. The van der Waals surface area contributed by atoms with Gasteiger partial charge in [0.05, 0.1) is 84.3 Å². The molecule has 0 aliphatic carbocycles. The van der Waals surface area contributed by atoms with E-state index < -0.39 is 31.2 Å². The Morgan fingerprint density at radius 2 is 0.450 bits per heavy atom. The van der Waals surface area contributed by atoms with Crippen LogP contribution in [0.5, 0.6) is 34.5 Å². The van der Waals surface area contributed by atoms with E-state index in [0.29, 0.717) is 136 Å². The molecular weight excluding hydrogens is 1660 g/mol. The van der Waals surface area contributed by atoms with Gasteiger partial charge in [-0.3, -0.25) is 0 Å². The predicted octanol–water partition coefficient (Wildman–Crippen LogP) is 21.9. The van der Waals surface area contributed by atoms with Crippen molar-refractivity contribution < 1.29 is 176 Å². The Bertz CT molecular complexity index is 3840. The SMILES string of the molecule is Clc1ccc2cc1OCC[n+]1ccc(cc1)-c1cc[n+](cc1)Cc1cccc(c1)C[n+]1ccc(cc1)-c1cc[n+](cc1)CCO2.F[P-](F)(F)(F)(F)F.F[P-](F)(F)(F)(F)F.F[P-](F)(F)(F)(F)F.F[P-](F)(F)(F)(F)F.c1cc2ccc1OCCOCCOCCOCCOc1ccc(cc1)OCCOCCOCCOCCO2. The summed E-state index contributed by atoms with van der Waals surface area (Å²) in [5.41, 5.74) is 7.28. The van der Waals surface area contributed by atoms with Crippen molar-refractivity contribution in [1.29, 1.82) is 0 Å². The Morgan fingerprint density at radius 1 is 0.234 bits per heavy atom. The van der Waals surface area contributed by atoms with Crippen molar-refractivity contribution in [3.8, 4) is 56.8 Å². The number of hydrogen-bond acceptors (Lipinski definition) is 12. The van der Waals surface area contributed by atoms with Crippen molar-refractivity contribution in [3.63, 3.8) is 0 Å². The molecule has 4 aromatic heterocycles. The molecule has 45 heteroatoms. The van der Waals surface area contributed by atoms with Crippen LogP contribution in [0.15, 0.2) is 189 Å². The largest absolute Gasteiger partial charge is 0.491 e. The summed E-state index contributed by atoms with van der Waals surface area (Å²) in [6, 6.07) is 46.6. The average Bonchev–Trinajstić information content (AvgIpc) is 0.798. The van der Waals surface area contributed by atoms with Gasteiger partial charge in [0, 0.05) is 65.7 Å². The van der Waals surface area contributed by atoms with Crippen LogP contribution in [0.4, 0.5) is 101 Å². The third-order valence-corrected chi connectivity index (χ3v) is 13.5. The van der Waals surface area contributed by atoms with Crippen molar-refractivity contribution in [3.05, 3.63) is 205 Å². The van der Waals surface area contributed by atoms with Crippen LogP contribution < -0.4 is 46.7 Å². The van der Waals surface area contributed by atoms with Crippen molar-refractivity contribution in [2.45, 2.75) is 26.2 Å². The molecule has 8 aromatic rings. The number of hydrogen-bond donors (Lipinski definition) is 0. The summed E-state index contributed by atoms with van der Waals surface area (Å²) in [5, 5.41) is 0.569. The molecule has 12 aliphatic rings. The van der Waals surface area contributed by atoms with E-state index in [9.17, 15) is 101 Å². The fourth-order valence-corrected chi connectivity index (χ4v) is 8.96. The van der Waals surface area contributed by atoms with Gasteiger partial charge in [-0.25, -0.2) is 18.3 Å². The molecule has 4 aromatic carbocycles. The minimum absolute atomic E-state index is 0.459. The van der Waals surface area contributed by atoms with Gasteiger partial charge in [-0.1, -0.05) is 29.8 Å². The van der Waals surface area contributed by atoms with E-state index >= 15 is 0 Å². The second-order valence-electron chi connectivity index (χ2n) is 23.1. The Balaban J connectivity index is 0.000000297. The van der Waals surface area contributed by atoms with Crippen LogP contribution in [-0.2, 0) is 54.6 Å². The Labute approximate surface area is 623 Å². The van der Waals surface area contributed by atoms with E-state index in [-0.39, 0.29) is 0 Å². The van der Waals surface area contributed by atoms with Gasteiger partial charge in [-0.15, -0.1) is 0 Å². The van der Waals surface area contributed by atoms with Crippen LogP contribution in [0.1, 0.15) is 11.1 Å². The van der Waals surface area contributed by atoms with Gasteiger partial charge < -0.3 is 56.8 Å². The molecule has 20 rings (SSSR count). The first-order chi connectivity index (χ1) is 50.8. The maximum Gasteiger partial charge on any atom is 0.119 e. The zero-order chi connectivity index (χ0) is 82.4. The molecule has 0 unspecified atom stereocenters. The summed E-state index contributed by atoms with van der Waals surface area (Å²) in [5.74, 6) is 4.40. The van der Waals surface area contributed by atoms with Gasteiger partial charge in [0.25, 0.3) is 0 Å². The first-order valence-corrected chi connectivity index (χ1v) is 40.9. The predicted molar refractivity (Wildman–Crippen MR) is 366 cm³/mol. The van der Waals surface area contributed by atoms with E-state index in [1.165, 1.54) is 33.4 Å². The quantitative estimate of drug-likeness (QED) is 0.0815. The Morgan fingerprint density at radius 3 is 0.712 bits per heavy atom. The summed E-state index contributed by atoms with van der Waals surface area (Å²) < 4.78 is 313. The zero-order valence-electron chi connectivity index (χ0n) is 57.9. The monoisotopic (exact) mass is 1730 g/mol. The van der Waals surface area contributed by atoms with Crippen molar-refractivity contribution in [2.75, 3.05) is 119 Å². The van der Waals surface area contributed by atoms with Crippen LogP contribution in [0.2, 0.25) is 5.02 Å². The van der Waals surface area contributed by atoms with Crippen molar-refractivity contribution in [1.82, 2.24) is 0 Å². The smallest absolute Gasteiger partial charge is 0.119 e. The third-order valence-electron chi connectivity index (χ3n) is 13.2. The maximum atomic E-state index is 9.87. The molecule has 0 atom stereocenters. The molecule has 0 N–H and O–H groups in total. The Kier molecular flexibility index (Phi) is 31.4. The molecule has 0 fully saturated rings. The van der Waals surface area contributed by atoms with Crippen molar-refractivity contribution >= 4 is 42.8 Å².